The van der Waals surface area contributed by atoms with Crippen LogP contribution in [0.5, 0.6) is 0 Å². The first-order valence-corrected chi connectivity index (χ1v) is 6.63. The third-order valence-electron chi connectivity index (χ3n) is 3.49. The van der Waals surface area contributed by atoms with Crippen molar-refractivity contribution in [1.82, 2.24) is 14.8 Å². The molecular formula is C16H13N3O3. The number of H-pyrrole nitrogens is 1. The van der Waals surface area contributed by atoms with E-state index in [0.29, 0.717) is 11.3 Å². The van der Waals surface area contributed by atoms with Gasteiger partial charge < -0.3 is 5.11 Å². The van der Waals surface area contributed by atoms with Crippen LogP contribution in [0.1, 0.15) is 15.9 Å². The van der Waals surface area contributed by atoms with Gasteiger partial charge in [0.2, 0.25) is 0 Å². The lowest BCUT2D eigenvalue weighted by atomic mass is 10.1. The van der Waals surface area contributed by atoms with E-state index in [1.165, 1.54) is 4.57 Å². The summed E-state index contributed by atoms with van der Waals surface area (Å²) in [5.74, 6) is -1.22. The van der Waals surface area contributed by atoms with Crippen molar-refractivity contribution in [1.29, 1.82) is 0 Å². The Kier molecular flexibility index (Phi) is 3.34. The Labute approximate surface area is 125 Å². The largest absolute Gasteiger partial charge is 0.477 e. The first-order valence-electron chi connectivity index (χ1n) is 6.63. The maximum atomic E-state index is 12.3. The van der Waals surface area contributed by atoms with E-state index >= 15 is 0 Å². The third kappa shape index (κ3) is 2.31. The average molecular weight is 295 g/mol. The summed E-state index contributed by atoms with van der Waals surface area (Å²) < 4.78 is 1.33. The summed E-state index contributed by atoms with van der Waals surface area (Å²) in [7, 11) is 0. The Morgan fingerprint density at radius 3 is 2.50 bits per heavy atom. The van der Waals surface area contributed by atoms with Crippen molar-refractivity contribution in [2.75, 3.05) is 0 Å². The number of nitrogens with zero attached hydrogens (tertiary/aromatic N) is 2. The van der Waals surface area contributed by atoms with Gasteiger partial charge in [-0.25, -0.2) is 4.79 Å². The predicted molar refractivity (Wildman–Crippen MR) is 81.3 cm³/mol. The number of carbonyl (C=O) groups is 1. The minimum atomic E-state index is -1.22. The van der Waals surface area contributed by atoms with Crippen molar-refractivity contribution in [3.8, 4) is 16.8 Å². The molecule has 2 aromatic heterocycles. The number of pyridine rings is 1. The third-order valence-corrected chi connectivity index (χ3v) is 3.49. The molecule has 6 nitrogen and oxygen atoms in total. The Morgan fingerprint density at radius 1 is 1.18 bits per heavy atom. The smallest absolute Gasteiger partial charge is 0.341 e. The number of benzene rings is 1. The van der Waals surface area contributed by atoms with Crippen LogP contribution in [-0.4, -0.2) is 25.8 Å². The average Bonchev–Trinajstić information content (AvgIpc) is 3.01. The molecule has 0 saturated carbocycles. The number of aromatic amines is 1. The van der Waals surface area contributed by atoms with Gasteiger partial charge in [0.05, 0.1) is 6.20 Å². The molecule has 0 bridgehead atoms. The van der Waals surface area contributed by atoms with Gasteiger partial charge in [0.15, 0.2) is 0 Å². The van der Waals surface area contributed by atoms with Crippen LogP contribution >= 0.6 is 0 Å². The molecule has 22 heavy (non-hydrogen) atoms. The summed E-state index contributed by atoms with van der Waals surface area (Å²) in [4.78, 5) is 23.5. The monoisotopic (exact) mass is 295 g/mol. The first kappa shape index (κ1) is 13.8. The molecule has 0 aliphatic carbocycles. The highest BCUT2D eigenvalue weighted by molar-refractivity contribution is 5.88. The maximum absolute atomic E-state index is 12.3. The van der Waals surface area contributed by atoms with Crippen LogP contribution in [0.15, 0.2) is 53.7 Å². The number of aryl methyl sites for hydroxylation is 1. The van der Waals surface area contributed by atoms with Gasteiger partial charge in [0.1, 0.15) is 5.56 Å². The van der Waals surface area contributed by atoms with Gasteiger partial charge in [-0.05, 0) is 36.2 Å². The van der Waals surface area contributed by atoms with Crippen molar-refractivity contribution >= 4 is 5.97 Å². The van der Waals surface area contributed by atoms with Gasteiger partial charge in [-0.15, -0.1) is 0 Å². The lowest BCUT2D eigenvalue weighted by molar-refractivity contribution is 0.0694. The summed E-state index contributed by atoms with van der Waals surface area (Å²) in [5.41, 5.74) is 2.21. The van der Waals surface area contributed by atoms with Crippen LogP contribution < -0.4 is 5.56 Å². The molecule has 0 saturated heterocycles. The van der Waals surface area contributed by atoms with Gasteiger partial charge in [0.25, 0.3) is 5.56 Å². The quantitative estimate of drug-likeness (QED) is 0.775. The number of hydrogen-bond acceptors (Lipinski definition) is 3. The number of carboxylic acids is 1. The summed E-state index contributed by atoms with van der Waals surface area (Å²) >= 11 is 0. The number of aromatic carboxylic acids is 1. The van der Waals surface area contributed by atoms with E-state index in [1.54, 1.807) is 43.7 Å². The van der Waals surface area contributed by atoms with Crippen LogP contribution in [0.3, 0.4) is 0 Å². The van der Waals surface area contributed by atoms with Crippen LogP contribution in [0.2, 0.25) is 0 Å². The molecule has 2 heterocycles. The lowest BCUT2D eigenvalue weighted by Crippen LogP contribution is -2.25. The fraction of sp³-hybridized carbons (Fsp3) is 0.0625. The SMILES string of the molecule is Cc1ccn(-c2ccc(-c3cn[nH]c3)cc2)c(=O)c1C(=O)O. The fourth-order valence-corrected chi connectivity index (χ4v) is 2.31. The van der Waals surface area contributed by atoms with E-state index in [9.17, 15) is 9.59 Å². The fourth-order valence-electron chi connectivity index (χ4n) is 2.31. The highest BCUT2D eigenvalue weighted by Gasteiger charge is 2.15. The summed E-state index contributed by atoms with van der Waals surface area (Å²) in [6.45, 7) is 1.61. The Morgan fingerprint density at radius 2 is 1.91 bits per heavy atom. The molecule has 0 aliphatic rings. The van der Waals surface area contributed by atoms with Gasteiger partial charge in [-0.1, -0.05) is 12.1 Å². The van der Waals surface area contributed by atoms with Crippen LogP contribution in [-0.2, 0) is 0 Å². The molecule has 0 fully saturated rings. The zero-order valence-electron chi connectivity index (χ0n) is 11.8. The molecule has 3 rings (SSSR count). The van der Waals surface area contributed by atoms with Crippen molar-refractivity contribution in [2.45, 2.75) is 6.92 Å². The number of aromatic nitrogens is 3. The predicted octanol–water partition coefficient (Wildman–Crippen LogP) is 2.23. The van der Waals surface area contributed by atoms with E-state index < -0.39 is 11.5 Å². The zero-order chi connectivity index (χ0) is 15.7. The zero-order valence-corrected chi connectivity index (χ0v) is 11.8. The van der Waals surface area contributed by atoms with E-state index in [-0.39, 0.29) is 5.56 Å². The second kappa shape index (κ2) is 5.33. The Bertz CT molecular complexity index is 878. The number of nitrogens with one attached hydrogen (secondary N) is 1. The maximum Gasteiger partial charge on any atom is 0.341 e. The van der Waals surface area contributed by atoms with Gasteiger partial charge in [-0.3, -0.25) is 14.5 Å². The highest BCUT2D eigenvalue weighted by Crippen LogP contribution is 2.19. The van der Waals surface area contributed by atoms with Crippen molar-refractivity contribution in [3.63, 3.8) is 0 Å². The normalized spacial score (nSPS) is 10.6. The van der Waals surface area contributed by atoms with Gasteiger partial charge >= 0.3 is 5.97 Å². The van der Waals surface area contributed by atoms with Crippen molar-refractivity contribution < 1.29 is 9.90 Å². The van der Waals surface area contributed by atoms with Gasteiger partial charge in [-0.2, -0.15) is 5.10 Å². The van der Waals surface area contributed by atoms with Crippen LogP contribution in [0.4, 0.5) is 0 Å². The molecule has 0 unspecified atom stereocenters. The van der Waals surface area contributed by atoms with Crippen LogP contribution in [0.25, 0.3) is 16.8 Å². The molecule has 1 aromatic carbocycles. The second-order valence-electron chi connectivity index (χ2n) is 4.89. The molecule has 0 aliphatic heterocycles. The van der Waals surface area contributed by atoms with E-state index in [2.05, 4.69) is 10.2 Å². The minimum Gasteiger partial charge on any atom is -0.477 e. The minimum absolute atomic E-state index is 0.207. The van der Waals surface area contributed by atoms with Gasteiger partial charge in [0, 0.05) is 23.6 Å². The number of rotatable bonds is 3. The molecule has 0 spiro atoms. The van der Waals surface area contributed by atoms with E-state index in [4.69, 9.17) is 5.11 Å². The molecular weight excluding hydrogens is 282 g/mol. The highest BCUT2D eigenvalue weighted by atomic mass is 16.4. The van der Waals surface area contributed by atoms with E-state index in [1.807, 2.05) is 12.1 Å². The first-order chi connectivity index (χ1) is 10.6. The lowest BCUT2D eigenvalue weighted by Gasteiger charge is -2.09. The molecule has 110 valence electrons. The topological polar surface area (TPSA) is 88.0 Å². The molecule has 0 radical (unpaired) electrons. The second-order valence-corrected chi connectivity index (χ2v) is 4.89. The molecule has 6 heteroatoms. The Balaban J connectivity index is 2.07. The van der Waals surface area contributed by atoms with Crippen molar-refractivity contribution in [3.05, 3.63) is 70.4 Å². The van der Waals surface area contributed by atoms with Crippen LogP contribution in [0, 0.1) is 6.92 Å². The summed E-state index contributed by atoms with van der Waals surface area (Å²) in [6.07, 6.45) is 5.06. The molecule has 0 amide bonds. The Hall–Kier alpha value is -3.15. The number of hydrogen-bond donors (Lipinski definition) is 2. The molecule has 0 atom stereocenters. The molecule has 3 aromatic rings. The summed E-state index contributed by atoms with van der Waals surface area (Å²) in [5, 5.41) is 15.8. The van der Waals surface area contributed by atoms with E-state index in [0.717, 1.165) is 11.1 Å². The standard InChI is InChI=1S/C16H13N3O3/c1-10-6-7-19(15(20)14(10)16(21)22)13-4-2-11(3-5-13)12-8-17-18-9-12/h2-9H,1H3,(H,17,18)(H,21,22). The number of carboxylic acid groups (broad SMARTS) is 1. The summed E-state index contributed by atoms with van der Waals surface area (Å²) in [6, 6.07) is 8.87. The van der Waals surface area contributed by atoms with Crippen molar-refractivity contribution in [2.24, 2.45) is 0 Å². The molecule has 2 N–H and O–H groups in total.